The summed E-state index contributed by atoms with van der Waals surface area (Å²) in [6, 6.07) is 0.208. The van der Waals surface area contributed by atoms with E-state index in [1.54, 1.807) is 7.11 Å². The van der Waals surface area contributed by atoms with Crippen LogP contribution >= 0.6 is 0 Å². The predicted octanol–water partition coefficient (Wildman–Crippen LogP) is 1.15. The number of hydrogen-bond donors (Lipinski definition) is 1. The fourth-order valence-corrected chi connectivity index (χ4v) is 0.907. The van der Waals surface area contributed by atoms with E-state index in [-0.39, 0.29) is 12.1 Å². The molecule has 0 fully saturated rings. The van der Waals surface area contributed by atoms with Crippen molar-refractivity contribution in [1.82, 2.24) is 0 Å². The molecule has 0 aliphatic heterocycles. The van der Waals surface area contributed by atoms with Gasteiger partial charge in [0.1, 0.15) is 0 Å². The second-order valence-corrected chi connectivity index (χ2v) is 2.25. The van der Waals surface area contributed by atoms with E-state index < -0.39 is 0 Å². The number of rotatable bonds is 4. The highest BCUT2D eigenvalue weighted by Gasteiger charge is 2.11. The monoisotopic (exact) mass is 131 g/mol. The van der Waals surface area contributed by atoms with Gasteiger partial charge in [-0.05, 0) is 12.8 Å². The molecule has 0 aromatic rings. The summed E-state index contributed by atoms with van der Waals surface area (Å²) in [6.07, 6.45) is 2.24. The first-order valence-electron chi connectivity index (χ1n) is 3.54. The van der Waals surface area contributed by atoms with Crippen molar-refractivity contribution in [2.45, 2.75) is 38.8 Å². The first-order valence-corrected chi connectivity index (χ1v) is 3.54. The van der Waals surface area contributed by atoms with Crippen LogP contribution in [-0.2, 0) is 4.74 Å². The summed E-state index contributed by atoms with van der Waals surface area (Å²) in [6.45, 7) is 4.16. The maximum Gasteiger partial charge on any atom is 0.0719 e. The minimum atomic E-state index is 0.208. The number of ether oxygens (including phenoxy) is 1. The topological polar surface area (TPSA) is 35.2 Å². The Balaban J connectivity index is 3.50. The fraction of sp³-hybridized carbons (Fsp3) is 1.00. The van der Waals surface area contributed by atoms with Crippen LogP contribution in [-0.4, -0.2) is 19.3 Å². The van der Waals surface area contributed by atoms with Crippen molar-refractivity contribution in [3.05, 3.63) is 0 Å². The van der Waals surface area contributed by atoms with Gasteiger partial charge in [-0.15, -0.1) is 0 Å². The smallest absolute Gasteiger partial charge is 0.0719 e. The lowest BCUT2D eigenvalue weighted by molar-refractivity contribution is 0.0762. The molecular formula is C7H17NO. The molecule has 0 saturated heterocycles. The Morgan fingerprint density at radius 1 is 1.33 bits per heavy atom. The molecule has 0 radical (unpaired) electrons. The third-order valence-corrected chi connectivity index (χ3v) is 1.65. The van der Waals surface area contributed by atoms with E-state index in [1.165, 1.54) is 0 Å². The molecule has 2 atom stereocenters. The average Bonchev–Trinajstić information content (AvgIpc) is 1.90. The average molecular weight is 131 g/mol. The second-order valence-electron chi connectivity index (χ2n) is 2.25. The molecule has 2 N–H and O–H groups in total. The van der Waals surface area contributed by atoms with Gasteiger partial charge in [0.15, 0.2) is 0 Å². The molecule has 0 bridgehead atoms. The van der Waals surface area contributed by atoms with Crippen LogP contribution in [0.15, 0.2) is 0 Å². The van der Waals surface area contributed by atoms with E-state index in [9.17, 15) is 0 Å². The maximum atomic E-state index is 5.71. The van der Waals surface area contributed by atoms with Crippen molar-refractivity contribution < 1.29 is 4.74 Å². The Labute approximate surface area is 57.4 Å². The van der Waals surface area contributed by atoms with E-state index in [1.807, 2.05) is 0 Å². The molecule has 0 amide bonds. The van der Waals surface area contributed by atoms with Gasteiger partial charge in [0, 0.05) is 13.2 Å². The van der Waals surface area contributed by atoms with Crippen LogP contribution in [0.1, 0.15) is 26.7 Å². The van der Waals surface area contributed by atoms with Crippen LogP contribution in [0.4, 0.5) is 0 Å². The third kappa shape index (κ3) is 2.82. The quantitative estimate of drug-likeness (QED) is 0.621. The van der Waals surface area contributed by atoms with Gasteiger partial charge >= 0.3 is 0 Å². The number of nitrogens with two attached hydrogens (primary N) is 1. The lowest BCUT2D eigenvalue weighted by Gasteiger charge is -2.18. The van der Waals surface area contributed by atoms with Gasteiger partial charge < -0.3 is 10.5 Å². The largest absolute Gasteiger partial charge is 0.380 e. The molecule has 2 nitrogen and oxygen atoms in total. The van der Waals surface area contributed by atoms with Crippen molar-refractivity contribution >= 4 is 0 Å². The van der Waals surface area contributed by atoms with Crippen molar-refractivity contribution in [2.75, 3.05) is 7.11 Å². The molecule has 2 heteroatoms. The molecule has 0 aromatic heterocycles. The summed E-state index contributed by atoms with van der Waals surface area (Å²) in [5.41, 5.74) is 5.71. The Kier molecular flexibility index (Phi) is 4.72. The molecule has 0 spiro atoms. The van der Waals surface area contributed by atoms with Gasteiger partial charge in [-0.2, -0.15) is 0 Å². The van der Waals surface area contributed by atoms with E-state index in [0.717, 1.165) is 12.8 Å². The molecule has 0 saturated carbocycles. The van der Waals surface area contributed by atoms with E-state index in [4.69, 9.17) is 10.5 Å². The van der Waals surface area contributed by atoms with Crippen LogP contribution in [0.3, 0.4) is 0 Å². The molecule has 0 rings (SSSR count). The Morgan fingerprint density at radius 2 is 1.89 bits per heavy atom. The molecule has 9 heavy (non-hydrogen) atoms. The van der Waals surface area contributed by atoms with Gasteiger partial charge in [-0.3, -0.25) is 0 Å². The zero-order chi connectivity index (χ0) is 7.28. The Bertz CT molecular complexity index is 61.9. The van der Waals surface area contributed by atoms with E-state index in [0.29, 0.717) is 0 Å². The normalized spacial score (nSPS) is 17.3. The zero-order valence-electron chi connectivity index (χ0n) is 6.55. The van der Waals surface area contributed by atoms with Crippen molar-refractivity contribution in [3.63, 3.8) is 0 Å². The highest BCUT2D eigenvalue weighted by atomic mass is 16.5. The van der Waals surface area contributed by atoms with Gasteiger partial charge in [0.05, 0.1) is 6.10 Å². The van der Waals surface area contributed by atoms with Crippen molar-refractivity contribution in [3.8, 4) is 0 Å². The predicted molar refractivity (Wildman–Crippen MR) is 39.4 cm³/mol. The minimum Gasteiger partial charge on any atom is -0.380 e. The van der Waals surface area contributed by atoms with Gasteiger partial charge in [-0.1, -0.05) is 13.8 Å². The van der Waals surface area contributed by atoms with Gasteiger partial charge in [0.25, 0.3) is 0 Å². The van der Waals surface area contributed by atoms with Crippen molar-refractivity contribution in [1.29, 1.82) is 0 Å². The third-order valence-electron chi connectivity index (χ3n) is 1.65. The highest BCUT2D eigenvalue weighted by Crippen LogP contribution is 2.02. The molecular weight excluding hydrogens is 114 g/mol. The minimum absolute atomic E-state index is 0.208. The van der Waals surface area contributed by atoms with Crippen molar-refractivity contribution in [2.24, 2.45) is 5.73 Å². The summed E-state index contributed by atoms with van der Waals surface area (Å²) < 4.78 is 5.13. The maximum absolute atomic E-state index is 5.71. The molecule has 56 valence electrons. The van der Waals surface area contributed by atoms with E-state index >= 15 is 0 Å². The van der Waals surface area contributed by atoms with Crippen LogP contribution < -0.4 is 5.73 Å². The summed E-state index contributed by atoms with van der Waals surface area (Å²) in [7, 11) is 1.71. The van der Waals surface area contributed by atoms with Crippen LogP contribution in [0.2, 0.25) is 0 Å². The first kappa shape index (κ1) is 8.92. The summed E-state index contributed by atoms with van der Waals surface area (Å²) in [5.74, 6) is 0. The molecule has 0 heterocycles. The second kappa shape index (κ2) is 4.77. The van der Waals surface area contributed by atoms with Crippen LogP contribution in [0, 0.1) is 0 Å². The van der Waals surface area contributed by atoms with Crippen LogP contribution in [0.5, 0.6) is 0 Å². The van der Waals surface area contributed by atoms with Gasteiger partial charge in [-0.25, -0.2) is 0 Å². The molecule has 0 aliphatic carbocycles. The first-order chi connectivity index (χ1) is 4.26. The Morgan fingerprint density at radius 3 is 2.00 bits per heavy atom. The molecule has 2 unspecified atom stereocenters. The summed E-state index contributed by atoms with van der Waals surface area (Å²) in [5, 5.41) is 0. The zero-order valence-corrected chi connectivity index (χ0v) is 6.55. The highest BCUT2D eigenvalue weighted by molar-refractivity contribution is 4.69. The number of hydrogen-bond acceptors (Lipinski definition) is 2. The fourth-order valence-electron chi connectivity index (χ4n) is 0.907. The van der Waals surface area contributed by atoms with E-state index in [2.05, 4.69) is 13.8 Å². The van der Waals surface area contributed by atoms with Gasteiger partial charge in [0.2, 0.25) is 0 Å². The SMILES string of the molecule is CCC(N)C(CC)OC. The standard InChI is InChI=1S/C7H17NO/c1-4-6(8)7(5-2)9-3/h6-7H,4-5,8H2,1-3H3. The summed E-state index contributed by atoms with van der Waals surface area (Å²) in [4.78, 5) is 0. The lowest BCUT2D eigenvalue weighted by Crippen LogP contribution is -2.34. The lowest BCUT2D eigenvalue weighted by atomic mass is 10.1. The molecule has 0 aromatic carbocycles. The van der Waals surface area contributed by atoms with Crippen LogP contribution in [0.25, 0.3) is 0 Å². The summed E-state index contributed by atoms with van der Waals surface area (Å²) >= 11 is 0. The Hall–Kier alpha value is -0.0800. The number of methoxy groups -OCH3 is 1. The molecule has 0 aliphatic rings.